The number of carbonyl (C=O) groups excluding carboxylic acids is 1. The van der Waals surface area contributed by atoms with Crippen LogP contribution < -0.4 is 5.32 Å². The Morgan fingerprint density at radius 2 is 2.00 bits per heavy atom. The first kappa shape index (κ1) is 16.1. The Hall–Kier alpha value is -2.25. The molecule has 22 heavy (non-hydrogen) atoms. The summed E-state index contributed by atoms with van der Waals surface area (Å²) in [5.74, 6) is 1.11. The van der Waals surface area contributed by atoms with Gasteiger partial charge in [-0.05, 0) is 48.7 Å². The van der Waals surface area contributed by atoms with Crippen molar-refractivity contribution in [3.05, 3.63) is 64.7 Å². The van der Waals surface area contributed by atoms with Crippen LogP contribution in [0.25, 0.3) is 0 Å². The molecule has 0 aliphatic rings. The van der Waals surface area contributed by atoms with Gasteiger partial charge >= 0.3 is 0 Å². The molecule has 0 radical (unpaired) electrons. The summed E-state index contributed by atoms with van der Waals surface area (Å²) in [6.07, 6.45) is 0. The number of thioether (sulfide) groups is 1. The van der Waals surface area contributed by atoms with Crippen LogP contribution in [-0.2, 0) is 10.5 Å². The lowest BCUT2D eigenvalue weighted by molar-refractivity contribution is -0.113. The SMILES string of the molecule is Cc1cccc(NC(=O)CSCc2cccc(C#N)c2)c1C. The standard InChI is InChI=1S/C18H18N2OS/c1-13-5-3-8-17(14(13)2)20-18(21)12-22-11-16-7-4-6-15(9-16)10-19/h3-9H,11-12H2,1-2H3,(H,20,21). The molecule has 0 heterocycles. The quantitative estimate of drug-likeness (QED) is 0.906. The molecule has 112 valence electrons. The lowest BCUT2D eigenvalue weighted by atomic mass is 10.1. The molecule has 1 amide bonds. The molecule has 1 N–H and O–H groups in total. The fourth-order valence-corrected chi connectivity index (χ4v) is 2.84. The van der Waals surface area contributed by atoms with Crippen LogP contribution in [-0.4, -0.2) is 11.7 Å². The number of nitrogens with zero attached hydrogens (tertiary/aromatic N) is 1. The molecule has 2 aromatic rings. The number of hydrogen-bond donors (Lipinski definition) is 1. The van der Waals surface area contributed by atoms with Gasteiger partial charge in [0.1, 0.15) is 0 Å². The Labute approximate surface area is 135 Å². The Balaban J connectivity index is 1.85. The fourth-order valence-electron chi connectivity index (χ4n) is 2.07. The Bertz CT molecular complexity index is 719. The van der Waals surface area contributed by atoms with Crippen LogP contribution in [0.4, 0.5) is 5.69 Å². The smallest absolute Gasteiger partial charge is 0.234 e. The highest BCUT2D eigenvalue weighted by Gasteiger charge is 2.06. The largest absolute Gasteiger partial charge is 0.325 e. The van der Waals surface area contributed by atoms with Crippen molar-refractivity contribution in [1.29, 1.82) is 5.26 Å². The van der Waals surface area contributed by atoms with Crippen LogP contribution in [0.5, 0.6) is 0 Å². The van der Waals surface area contributed by atoms with Crippen LogP contribution in [0.2, 0.25) is 0 Å². The molecule has 0 fully saturated rings. The third kappa shape index (κ3) is 4.37. The Kier molecular flexibility index (Phi) is 5.62. The normalized spacial score (nSPS) is 10.0. The van der Waals surface area contributed by atoms with E-state index in [2.05, 4.69) is 11.4 Å². The molecule has 0 unspecified atom stereocenters. The van der Waals surface area contributed by atoms with E-state index in [9.17, 15) is 4.79 Å². The van der Waals surface area contributed by atoms with Crippen molar-refractivity contribution in [3.63, 3.8) is 0 Å². The van der Waals surface area contributed by atoms with Gasteiger partial charge in [0, 0.05) is 11.4 Å². The van der Waals surface area contributed by atoms with E-state index in [1.54, 1.807) is 17.8 Å². The zero-order chi connectivity index (χ0) is 15.9. The molecule has 3 nitrogen and oxygen atoms in total. The minimum Gasteiger partial charge on any atom is -0.325 e. The van der Waals surface area contributed by atoms with Crippen molar-refractivity contribution in [1.82, 2.24) is 0 Å². The van der Waals surface area contributed by atoms with Crippen molar-refractivity contribution in [2.24, 2.45) is 0 Å². The van der Waals surface area contributed by atoms with Gasteiger partial charge in [-0.1, -0.05) is 24.3 Å². The molecule has 4 heteroatoms. The third-order valence-corrected chi connectivity index (χ3v) is 4.44. The maximum atomic E-state index is 12.0. The third-order valence-electron chi connectivity index (χ3n) is 3.44. The summed E-state index contributed by atoms with van der Waals surface area (Å²) in [6, 6.07) is 15.5. The highest BCUT2D eigenvalue weighted by atomic mass is 32.2. The van der Waals surface area contributed by atoms with Gasteiger partial charge in [0.15, 0.2) is 0 Å². The van der Waals surface area contributed by atoms with Gasteiger partial charge in [-0.2, -0.15) is 5.26 Å². The number of rotatable bonds is 5. The molecule has 0 saturated carbocycles. The second-order valence-corrected chi connectivity index (χ2v) is 6.09. The summed E-state index contributed by atoms with van der Waals surface area (Å²) >= 11 is 1.54. The number of nitriles is 1. The van der Waals surface area contributed by atoms with Crippen LogP contribution in [0.1, 0.15) is 22.3 Å². The summed E-state index contributed by atoms with van der Waals surface area (Å²) in [7, 11) is 0. The molecule has 0 aliphatic heterocycles. The van der Waals surface area contributed by atoms with E-state index in [0.717, 1.165) is 22.6 Å². The molecule has 0 aliphatic carbocycles. The van der Waals surface area contributed by atoms with Crippen molar-refractivity contribution in [2.45, 2.75) is 19.6 Å². The van der Waals surface area contributed by atoms with Gasteiger partial charge in [0.25, 0.3) is 0 Å². The van der Waals surface area contributed by atoms with Gasteiger partial charge in [-0.3, -0.25) is 4.79 Å². The lowest BCUT2D eigenvalue weighted by Gasteiger charge is -2.10. The van der Waals surface area contributed by atoms with Gasteiger partial charge in [0.05, 0.1) is 17.4 Å². The maximum absolute atomic E-state index is 12.0. The van der Waals surface area contributed by atoms with E-state index in [0.29, 0.717) is 11.3 Å². The number of amides is 1. The van der Waals surface area contributed by atoms with E-state index in [1.807, 2.05) is 50.2 Å². The van der Waals surface area contributed by atoms with E-state index in [-0.39, 0.29) is 5.91 Å². The number of hydrogen-bond acceptors (Lipinski definition) is 3. The number of benzene rings is 2. The highest BCUT2D eigenvalue weighted by molar-refractivity contribution is 7.99. The summed E-state index contributed by atoms with van der Waals surface area (Å²) in [5, 5.41) is 11.8. The average Bonchev–Trinajstić information content (AvgIpc) is 2.52. The molecule has 0 aromatic heterocycles. The number of carbonyl (C=O) groups is 1. The Morgan fingerprint density at radius 1 is 1.23 bits per heavy atom. The maximum Gasteiger partial charge on any atom is 0.234 e. The zero-order valence-corrected chi connectivity index (χ0v) is 13.5. The second kappa shape index (κ2) is 7.67. The average molecular weight is 310 g/mol. The first-order valence-corrected chi connectivity index (χ1v) is 8.18. The number of nitrogens with one attached hydrogen (secondary N) is 1. The second-order valence-electron chi connectivity index (χ2n) is 5.10. The molecule has 0 bridgehead atoms. The van der Waals surface area contributed by atoms with Gasteiger partial charge in [0.2, 0.25) is 5.91 Å². The lowest BCUT2D eigenvalue weighted by Crippen LogP contribution is -2.15. The van der Waals surface area contributed by atoms with E-state index in [4.69, 9.17) is 5.26 Å². The van der Waals surface area contributed by atoms with E-state index < -0.39 is 0 Å². The van der Waals surface area contributed by atoms with Crippen LogP contribution in [0.3, 0.4) is 0 Å². The van der Waals surface area contributed by atoms with Gasteiger partial charge in [-0.25, -0.2) is 0 Å². The first-order chi connectivity index (χ1) is 10.6. The summed E-state index contributed by atoms with van der Waals surface area (Å²) in [4.78, 5) is 12.0. The van der Waals surface area contributed by atoms with Crippen molar-refractivity contribution < 1.29 is 4.79 Å². The predicted molar refractivity (Wildman–Crippen MR) is 91.9 cm³/mol. The van der Waals surface area contributed by atoms with Crippen LogP contribution >= 0.6 is 11.8 Å². The van der Waals surface area contributed by atoms with Gasteiger partial charge in [-0.15, -0.1) is 11.8 Å². The van der Waals surface area contributed by atoms with Crippen molar-refractivity contribution in [2.75, 3.05) is 11.1 Å². The first-order valence-electron chi connectivity index (χ1n) is 7.03. The Morgan fingerprint density at radius 3 is 2.77 bits per heavy atom. The molecule has 0 spiro atoms. The zero-order valence-electron chi connectivity index (χ0n) is 12.7. The molecular formula is C18H18N2OS. The minimum atomic E-state index is -0.00450. The number of aryl methyl sites for hydroxylation is 1. The summed E-state index contributed by atoms with van der Waals surface area (Å²) in [5.41, 5.74) is 4.85. The van der Waals surface area contributed by atoms with Crippen LogP contribution in [0.15, 0.2) is 42.5 Å². The topological polar surface area (TPSA) is 52.9 Å². The molecular weight excluding hydrogens is 292 g/mol. The van der Waals surface area contributed by atoms with Crippen LogP contribution in [0, 0.1) is 25.2 Å². The van der Waals surface area contributed by atoms with E-state index >= 15 is 0 Å². The monoisotopic (exact) mass is 310 g/mol. The minimum absolute atomic E-state index is 0.00450. The highest BCUT2D eigenvalue weighted by Crippen LogP contribution is 2.19. The molecule has 2 aromatic carbocycles. The summed E-state index contributed by atoms with van der Waals surface area (Å²) in [6.45, 7) is 4.04. The number of anilines is 1. The molecule has 0 atom stereocenters. The summed E-state index contributed by atoms with van der Waals surface area (Å²) < 4.78 is 0. The van der Waals surface area contributed by atoms with E-state index in [1.165, 1.54) is 5.56 Å². The predicted octanol–water partition coefficient (Wildman–Crippen LogP) is 4.05. The fraction of sp³-hybridized carbons (Fsp3) is 0.222. The van der Waals surface area contributed by atoms with Crippen molar-refractivity contribution >= 4 is 23.4 Å². The van der Waals surface area contributed by atoms with Gasteiger partial charge < -0.3 is 5.32 Å². The van der Waals surface area contributed by atoms with Crippen molar-refractivity contribution in [3.8, 4) is 6.07 Å². The molecule has 2 rings (SSSR count). The molecule has 0 saturated heterocycles.